The average Bonchev–Trinajstić information content (AvgIpc) is 2.44. The zero-order chi connectivity index (χ0) is 9.59. The Kier molecular flexibility index (Phi) is 1.84. The molecule has 1 aromatic rings. The molecule has 0 radical (unpaired) electrons. The minimum Gasteiger partial charge on any atom is -0.294 e. The number of halogens is 3. The van der Waals surface area contributed by atoms with Crippen molar-refractivity contribution in [1.29, 1.82) is 0 Å². The lowest BCUT2D eigenvalue weighted by molar-refractivity contribution is 0.0991. The molecular weight excluding hydrogens is 198 g/mol. The standard InChI is InChI=1S/C9H5ClF2O/c10-5-3-6(11)8-4(9(5)12)1-2-7(8)13/h3H,1-2H2. The van der Waals surface area contributed by atoms with Crippen molar-refractivity contribution in [2.75, 3.05) is 0 Å². The van der Waals surface area contributed by atoms with Crippen molar-refractivity contribution < 1.29 is 13.6 Å². The van der Waals surface area contributed by atoms with Crippen molar-refractivity contribution in [2.45, 2.75) is 12.8 Å². The molecule has 2 rings (SSSR count). The number of Topliss-reactive ketones (excluding diaryl/α,β-unsaturated/α-hetero) is 1. The maximum Gasteiger partial charge on any atom is 0.166 e. The third kappa shape index (κ3) is 1.15. The van der Waals surface area contributed by atoms with Gasteiger partial charge in [-0.05, 0) is 12.5 Å². The van der Waals surface area contributed by atoms with E-state index in [1.165, 1.54) is 0 Å². The van der Waals surface area contributed by atoms with Crippen molar-refractivity contribution in [3.63, 3.8) is 0 Å². The summed E-state index contributed by atoms with van der Waals surface area (Å²) in [6.45, 7) is 0. The van der Waals surface area contributed by atoms with Crippen molar-refractivity contribution in [3.05, 3.63) is 33.9 Å². The highest BCUT2D eigenvalue weighted by molar-refractivity contribution is 6.31. The summed E-state index contributed by atoms with van der Waals surface area (Å²) in [7, 11) is 0. The van der Waals surface area contributed by atoms with Crippen LogP contribution < -0.4 is 0 Å². The van der Waals surface area contributed by atoms with Crippen LogP contribution in [0.2, 0.25) is 5.02 Å². The molecule has 0 aromatic heterocycles. The van der Waals surface area contributed by atoms with Gasteiger partial charge in [0.1, 0.15) is 11.6 Å². The molecule has 0 unspecified atom stereocenters. The minimum atomic E-state index is -0.719. The summed E-state index contributed by atoms with van der Waals surface area (Å²) in [6, 6.07) is 0.846. The van der Waals surface area contributed by atoms with Gasteiger partial charge in [-0.1, -0.05) is 11.6 Å². The van der Waals surface area contributed by atoms with E-state index in [0.717, 1.165) is 6.07 Å². The smallest absolute Gasteiger partial charge is 0.166 e. The van der Waals surface area contributed by atoms with Gasteiger partial charge in [0, 0.05) is 12.0 Å². The van der Waals surface area contributed by atoms with Crippen LogP contribution in [0.4, 0.5) is 8.78 Å². The van der Waals surface area contributed by atoms with Gasteiger partial charge >= 0.3 is 0 Å². The van der Waals surface area contributed by atoms with Crippen molar-refractivity contribution in [1.82, 2.24) is 0 Å². The Balaban J connectivity index is 2.76. The van der Waals surface area contributed by atoms with Crippen LogP contribution in [0.5, 0.6) is 0 Å². The molecule has 1 aromatic carbocycles. The highest BCUT2D eigenvalue weighted by Gasteiger charge is 2.28. The van der Waals surface area contributed by atoms with Gasteiger partial charge in [-0.15, -0.1) is 0 Å². The van der Waals surface area contributed by atoms with Gasteiger partial charge < -0.3 is 0 Å². The highest BCUT2D eigenvalue weighted by Crippen LogP contribution is 2.31. The number of carbonyl (C=O) groups is 1. The fraction of sp³-hybridized carbons (Fsp3) is 0.222. The molecule has 0 saturated heterocycles. The second-order valence-electron chi connectivity index (χ2n) is 2.93. The van der Waals surface area contributed by atoms with E-state index in [4.69, 9.17) is 11.6 Å². The number of hydrogen-bond acceptors (Lipinski definition) is 1. The van der Waals surface area contributed by atoms with Crippen molar-refractivity contribution >= 4 is 17.4 Å². The first kappa shape index (κ1) is 8.63. The quantitative estimate of drug-likeness (QED) is 0.592. The van der Waals surface area contributed by atoms with Crippen molar-refractivity contribution in [3.8, 4) is 0 Å². The fourth-order valence-electron chi connectivity index (χ4n) is 1.54. The van der Waals surface area contributed by atoms with Crippen LogP contribution in [0.15, 0.2) is 6.07 Å². The minimum absolute atomic E-state index is 0.120. The molecular formula is C9H5ClF2O. The van der Waals surface area contributed by atoms with Crippen LogP contribution in [0.1, 0.15) is 22.3 Å². The summed E-state index contributed by atoms with van der Waals surface area (Å²) in [4.78, 5) is 11.1. The van der Waals surface area contributed by atoms with Gasteiger partial charge in [-0.25, -0.2) is 8.78 Å². The Hall–Kier alpha value is -0.960. The second kappa shape index (κ2) is 2.77. The largest absolute Gasteiger partial charge is 0.294 e. The average molecular weight is 203 g/mol. The zero-order valence-electron chi connectivity index (χ0n) is 6.53. The lowest BCUT2D eigenvalue weighted by Gasteiger charge is -2.02. The van der Waals surface area contributed by atoms with Gasteiger partial charge in [0.05, 0.1) is 10.6 Å². The summed E-state index contributed by atoms with van der Waals surface area (Å²) in [5.74, 6) is -1.73. The molecule has 1 nitrogen and oxygen atoms in total. The fourth-order valence-corrected chi connectivity index (χ4v) is 1.75. The monoisotopic (exact) mass is 202 g/mol. The first-order valence-corrected chi connectivity index (χ1v) is 4.18. The van der Waals surface area contributed by atoms with E-state index < -0.39 is 11.6 Å². The Morgan fingerprint density at radius 3 is 2.69 bits per heavy atom. The number of carbonyl (C=O) groups excluding carboxylic acids is 1. The van der Waals surface area contributed by atoms with Crippen LogP contribution in [-0.2, 0) is 6.42 Å². The zero-order valence-corrected chi connectivity index (χ0v) is 7.29. The Bertz CT molecular complexity index is 401. The van der Waals surface area contributed by atoms with Gasteiger partial charge in [-0.2, -0.15) is 0 Å². The normalized spacial score (nSPS) is 14.8. The number of ketones is 1. The van der Waals surface area contributed by atoms with Gasteiger partial charge in [0.25, 0.3) is 0 Å². The van der Waals surface area contributed by atoms with Crippen LogP contribution in [0.3, 0.4) is 0 Å². The molecule has 1 aliphatic carbocycles. The lowest BCUT2D eigenvalue weighted by Crippen LogP contribution is -1.98. The molecule has 0 heterocycles. The number of benzene rings is 1. The molecule has 0 amide bonds. The molecule has 1 aliphatic rings. The molecule has 0 aliphatic heterocycles. The predicted molar refractivity (Wildman–Crippen MR) is 44.0 cm³/mol. The van der Waals surface area contributed by atoms with E-state index in [0.29, 0.717) is 0 Å². The number of fused-ring (bicyclic) bond motifs is 1. The van der Waals surface area contributed by atoms with Crippen LogP contribution >= 0.6 is 11.6 Å². The van der Waals surface area contributed by atoms with E-state index in [1.54, 1.807) is 0 Å². The molecule has 0 fully saturated rings. The van der Waals surface area contributed by atoms with Crippen LogP contribution in [0.25, 0.3) is 0 Å². The van der Waals surface area contributed by atoms with Crippen LogP contribution in [0, 0.1) is 11.6 Å². The summed E-state index contributed by atoms with van der Waals surface area (Å²) >= 11 is 5.42. The molecule has 4 heteroatoms. The third-order valence-corrected chi connectivity index (χ3v) is 2.42. The number of rotatable bonds is 0. The first-order valence-electron chi connectivity index (χ1n) is 3.81. The lowest BCUT2D eigenvalue weighted by atomic mass is 10.1. The maximum absolute atomic E-state index is 13.2. The summed E-state index contributed by atoms with van der Waals surface area (Å²) in [5.41, 5.74) is -0.00287. The van der Waals surface area contributed by atoms with Gasteiger partial charge in [-0.3, -0.25) is 4.79 Å². The second-order valence-corrected chi connectivity index (χ2v) is 3.34. The highest BCUT2D eigenvalue weighted by atomic mass is 35.5. The Morgan fingerprint density at radius 2 is 2.00 bits per heavy atom. The van der Waals surface area contributed by atoms with E-state index in [-0.39, 0.29) is 34.8 Å². The predicted octanol–water partition coefficient (Wildman–Crippen LogP) is 2.75. The summed E-state index contributed by atoms with van der Waals surface area (Å²) in [6.07, 6.45) is 0.418. The van der Waals surface area contributed by atoms with Gasteiger partial charge in [0.15, 0.2) is 5.78 Å². The molecule has 68 valence electrons. The Labute approximate surface area is 78.3 Å². The summed E-state index contributed by atoms with van der Waals surface area (Å²) < 4.78 is 26.3. The van der Waals surface area contributed by atoms with Crippen LogP contribution in [-0.4, -0.2) is 5.78 Å². The molecule has 13 heavy (non-hydrogen) atoms. The van der Waals surface area contributed by atoms with Crippen molar-refractivity contribution in [2.24, 2.45) is 0 Å². The van der Waals surface area contributed by atoms with Gasteiger partial charge in [0.2, 0.25) is 0 Å². The molecule has 0 saturated carbocycles. The maximum atomic E-state index is 13.2. The van der Waals surface area contributed by atoms with E-state index in [1.807, 2.05) is 0 Å². The third-order valence-electron chi connectivity index (χ3n) is 2.15. The molecule has 0 bridgehead atoms. The SMILES string of the molecule is O=C1CCc2c(F)c(Cl)cc(F)c21. The summed E-state index contributed by atoms with van der Waals surface area (Å²) in [5, 5.41) is -0.258. The van der Waals surface area contributed by atoms with E-state index >= 15 is 0 Å². The van der Waals surface area contributed by atoms with E-state index in [2.05, 4.69) is 0 Å². The first-order chi connectivity index (χ1) is 6.11. The molecule has 0 N–H and O–H groups in total. The Morgan fingerprint density at radius 1 is 1.31 bits per heavy atom. The topological polar surface area (TPSA) is 17.1 Å². The number of hydrogen-bond donors (Lipinski definition) is 0. The van der Waals surface area contributed by atoms with E-state index in [9.17, 15) is 13.6 Å². The molecule has 0 spiro atoms. The molecule has 0 atom stereocenters.